The summed E-state index contributed by atoms with van der Waals surface area (Å²) in [7, 11) is 0. The summed E-state index contributed by atoms with van der Waals surface area (Å²) < 4.78 is 5.37. The molecule has 1 aliphatic heterocycles. The van der Waals surface area contributed by atoms with E-state index in [1.165, 1.54) is 0 Å². The molecule has 1 aliphatic rings. The molecule has 1 aromatic rings. The fourth-order valence-corrected chi connectivity index (χ4v) is 2.03. The summed E-state index contributed by atoms with van der Waals surface area (Å²) in [6, 6.07) is 7.75. The number of carbonyl (C=O) groups excluding carboxylic acids is 1. The van der Waals surface area contributed by atoms with Gasteiger partial charge in [0.25, 0.3) is 0 Å². The molecule has 0 spiro atoms. The van der Waals surface area contributed by atoms with Crippen LogP contribution in [0.5, 0.6) is 0 Å². The van der Waals surface area contributed by atoms with Gasteiger partial charge in [-0.1, -0.05) is 34.9 Å². The van der Waals surface area contributed by atoms with E-state index in [1.54, 1.807) is 0 Å². The molecule has 0 aliphatic carbocycles. The standard InChI is InChI=1S/C12H13N3O2/c1-9-2-4-10(5-3-9)12(8-14-15-13)7-6-11(16)17-12/h2-5H,6-8H2,1H3. The van der Waals surface area contributed by atoms with Gasteiger partial charge in [-0.25, -0.2) is 0 Å². The molecule has 0 saturated carbocycles. The number of nitrogens with zero attached hydrogens (tertiary/aromatic N) is 3. The lowest BCUT2D eigenvalue weighted by molar-refractivity contribution is -0.148. The fraction of sp³-hybridized carbons (Fsp3) is 0.417. The van der Waals surface area contributed by atoms with Gasteiger partial charge in [-0.2, -0.15) is 0 Å². The minimum Gasteiger partial charge on any atom is -0.454 e. The summed E-state index contributed by atoms with van der Waals surface area (Å²) in [5, 5.41) is 3.56. The molecule has 2 rings (SSSR count). The van der Waals surface area contributed by atoms with Crippen molar-refractivity contribution in [3.8, 4) is 0 Å². The third kappa shape index (κ3) is 2.24. The van der Waals surface area contributed by atoms with Crippen molar-refractivity contribution >= 4 is 5.97 Å². The van der Waals surface area contributed by atoms with E-state index in [2.05, 4.69) is 10.0 Å². The SMILES string of the molecule is Cc1ccc(C2(CN=[N+]=[N-])CCC(=O)O2)cc1. The molecule has 5 nitrogen and oxygen atoms in total. The topological polar surface area (TPSA) is 75.1 Å². The molecule has 1 unspecified atom stereocenters. The molecule has 0 N–H and O–H groups in total. The summed E-state index contributed by atoms with van der Waals surface area (Å²) in [5.41, 5.74) is 9.68. The number of rotatable bonds is 3. The molecular formula is C12H13N3O2. The number of carbonyl (C=O) groups is 1. The number of azide groups is 1. The van der Waals surface area contributed by atoms with Gasteiger partial charge in [0.1, 0.15) is 5.60 Å². The summed E-state index contributed by atoms with van der Waals surface area (Å²) in [5.74, 6) is -0.237. The predicted octanol–water partition coefficient (Wildman–Crippen LogP) is 2.84. The largest absolute Gasteiger partial charge is 0.454 e. The minimum absolute atomic E-state index is 0.151. The van der Waals surface area contributed by atoms with Crippen LogP contribution >= 0.6 is 0 Å². The van der Waals surface area contributed by atoms with E-state index in [1.807, 2.05) is 31.2 Å². The highest BCUT2D eigenvalue weighted by Crippen LogP contribution is 2.37. The molecule has 0 bridgehead atoms. The monoisotopic (exact) mass is 231 g/mol. The van der Waals surface area contributed by atoms with Crippen LogP contribution in [0.3, 0.4) is 0 Å². The van der Waals surface area contributed by atoms with Gasteiger partial charge < -0.3 is 4.74 Å². The van der Waals surface area contributed by atoms with Crippen LogP contribution in [0.2, 0.25) is 0 Å². The maximum absolute atomic E-state index is 11.3. The second kappa shape index (κ2) is 4.47. The Morgan fingerprint density at radius 3 is 2.71 bits per heavy atom. The average Bonchev–Trinajstić information content (AvgIpc) is 2.70. The molecule has 17 heavy (non-hydrogen) atoms. The van der Waals surface area contributed by atoms with Crippen LogP contribution in [-0.2, 0) is 15.1 Å². The van der Waals surface area contributed by atoms with Crippen molar-refractivity contribution in [2.45, 2.75) is 25.4 Å². The Balaban J connectivity index is 2.36. The molecule has 1 saturated heterocycles. The number of aryl methyl sites for hydroxylation is 1. The highest BCUT2D eigenvalue weighted by molar-refractivity contribution is 5.72. The van der Waals surface area contributed by atoms with Crippen LogP contribution < -0.4 is 0 Å². The molecule has 1 atom stereocenters. The van der Waals surface area contributed by atoms with Gasteiger partial charge in [0, 0.05) is 17.8 Å². The molecule has 0 amide bonds. The maximum atomic E-state index is 11.3. The number of hydrogen-bond acceptors (Lipinski definition) is 3. The number of esters is 1. The van der Waals surface area contributed by atoms with Crippen molar-refractivity contribution in [3.63, 3.8) is 0 Å². The van der Waals surface area contributed by atoms with Crippen molar-refractivity contribution in [3.05, 3.63) is 45.8 Å². The predicted molar refractivity (Wildman–Crippen MR) is 62.2 cm³/mol. The van der Waals surface area contributed by atoms with Gasteiger partial charge in [-0.05, 0) is 18.0 Å². The first-order valence-electron chi connectivity index (χ1n) is 5.46. The van der Waals surface area contributed by atoms with E-state index in [0.29, 0.717) is 12.8 Å². The quantitative estimate of drug-likeness (QED) is 0.347. The Morgan fingerprint density at radius 1 is 1.47 bits per heavy atom. The average molecular weight is 231 g/mol. The van der Waals surface area contributed by atoms with Crippen LogP contribution in [0, 0.1) is 6.92 Å². The summed E-state index contributed by atoms with van der Waals surface area (Å²) in [6.07, 6.45) is 0.933. The number of benzene rings is 1. The summed E-state index contributed by atoms with van der Waals surface area (Å²) >= 11 is 0. The highest BCUT2D eigenvalue weighted by Gasteiger charge is 2.41. The summed E-state index contributed by atoms with van der Waals surface area (Å²) in [4.78, 5) is 14.1. The second-order valence-corrected chi connectivity index (χ2v) is 4.22. The van der Waals surface area contributed by atoms with E-state index in [9.17, 15) is 4.79 Å². The van der Waals surface area contributed by atoms with E-state index < -0.39 is 5.60 Å². The highest BCUT2D eigenvalue weighted by atomic mass is 16.6. The zero-order valence-corrected chi connectivity index (χ0v) is 9.59. The molecule has 0 radical (unpaired) electrons. The third-order valence-corrected chi connectivity index (χ3v) is 3.01. The molecule has 88 valence electrons. The number of hydrogen-bond donors (Lipinski definition) is 0. The van der Waals surface area contributed by atoms with Crippen LogP contribution in [-0.4, -0.2) is 12.5 Å². The van der Waals surface area contributed by atoms with Gasteiger partial charge in [-0.3, -0.25) is 4.79 Å². The van der Waals surface area contributed by atoms with Crippen LogP contribution in [0.25, 0.3) is 10.4 Å². The molecule has 1 aromatic carbocycles. The Bertz CT molecular complexity index is 477. The van der Waals surface area contributed by atoms with Crippen molar-refractivity contribution in [1.82, 2.24) is 0 Å². The van der Waals surface area contributed by atoms with Crippen molar-refractivity contribution in [2.75, 3.05) is 6.54 Å². The van der Waals surface area contributed by atoms with E-state index in [-0.39, 0.29) is 12.5 Å². The number of cyclic esters (lactones) is 1. The van der Waals surface area contributed by atoms with Gasteiger partial charge in [-0.15, -0.1) is 0 Å². The Morgan fingerprint density at radius 2 is 2.18 bits per heavy atom. The smallest absolute Gasteiger partial charge is 0.306 e. The lowest BCUT2D eigenvalue weighted by Gasteiger charge is -2.26. The zero-order valence-electron chi connectivity index (χ0n) is 9.59. The Labute approximate surface area is 99.0 Å². The molecule has 1 heterocycles. The van der Waals surface area contributed by atoms with E-state index in [0.717, 1.165) is 11.1 Å². The summed E-state index contributed by atoms with van der Waals surface area (Å²) in [6.45, 7) is 2.14. The lowest BCUT2D eigenvalue weighted by Crippen LogP contribution is -2.29. The lowest BCUT2D eigenvalue weighted by atomic mass is 9.90. The molecular weight excluding hydrogens is 218 g/mol. The first-order valence-corrected chi connectivity index (χ1v) is 5.46. The van der Waals surface area contributed by atoms with E-state index in [4.69, 9.17) is 10.3 Å². The Hall–Kier alpha value is -2.00. The van der Waals surface area contributed by atoms with Crippen molar-refractivity contribution < 1.29 is 9.53 Å². The van der Waals surface area contributed by atoms with Crippen LogP contribution in [0.15, 0.2) is 29.4 Å². The molecule has 1 fully saturated rings. The van der Waals surface area contributed by atoms with Crippen molar-refractivity contribution in [2.24, 2.45) is 5.11 Å². The zero-order chi connectivity index (χ0) is 12.3. The normalized spacial score (nSPS) is 23.0. The van der Waals surface area contributed by atoms with Gasteiger partial charge in [0.15, 0.2) is 0 Å². The maximum Gasteiger partial charge on any atom is 0.306 e. The fourth-order valence-electron chi connectivity index (χ4n) is 2.03. The first-order chi connectivity index (χ1) is 8.16. The van der Waals surface area contributed by atoms with Crippen LogP contribution in [0.1, 0.15) is 24.0 Å². The number of ether oxygens (including phenoxy) is 1. The van der Waals surface area contributed by atoms with Gasteiger partial charge >= 0.3 is 5.97 Å². The minimum atomic E-state index is -0.767. The third-order valence-electron chi connectivity index (χ3n) is 3.01. The van der Waals surface area contributed by atoms with Gasteiger partial charge in [0.05, 0.1) is 6.54 Å². The second-order valence-electron chi connectivity index (χ2n) is 4.22. The molecule has 5 heteroatoms. The van der Waals surface area contributed by atoms with Gasteiger partial charge in [0.2, 0.25) is 0 Å². The van der Waals surface area contributed by atoms with E-state index >= 15 is 0 Å². The van der Waals surface area contributed by atoms with Crippen LogP contribution in [0.4, 0.5) is 0 Å². The molecule has 0 aromatic heterocycles. The first kappa shape index (κ1) is 11.5. The Kier molecular flexibility index (Phi) is 3.02. The van der Waals surface area contributed by atoms with Crippen molar-refractivity contribution in [1.29, 1.82) is 0 Å².